The highest BCUT2D eigenvalue weighted by atomic mass is 16.3. The first-order valence-corrected chi connectivity index (χ1v) is 7.48. The number of rotatable bonds is 8. The first-order chi connectivity index (χ1) is 10.2. The molecule has 21 heavy (non-hydrogen) atoms. The fourth-order valence-corrected chi connectivity index (χ4v) is 2.36. The highest BCUT2D eigenvalue weighted by Crippen LogP contribution is 2.09. The van der Waals surface area contributed by atoms with E-state index < -0.39 is 0 Å². The number of hydrogen-bond donors (Lipinski definition) is 2. The van der Waals surface area contributed by atoms with Crippen LogP contribution in [0.4, 0.5) is 0 Å². The van der Waals surface area contributed by atoms with E-state index in [4.69, 9.17) is 4.42 Å². The number of nitrogens with one attached hydrogen (secondary N) is 2. The summed E-state index contributed by atoms with van der Waals surface area (Å²) in [5.74, 6) is 0.936. The second-order valence-electron chi connectivity index (χ2n) is 5.31. The van der Waals surface area contributed by atoms with Crippen molar-refractivity contribution in [1.82, 2.24) is 15.5 Å². The van der Waals surface area contributed by atoms with Crippen LogP contribution in [0.1, 0.15) is 31.9 Å². The Morgan fingerprint density at radius 3 is 3.05 bits per heavy atom. The summed E-state index contributed by atoms with van der Waals surface area (Å²) in [6.45, 7) is 4.60. The van der Waals surface area contributed by atoms with Crippen LogP contribution in [-0.4, -0.2) is 42.4 Å². The van der Waals surface area contributed by atoms with Crippen molar-refractivity contribution in [1.29, 1.82) is 0 Å². The zero-order valence-electron chi connectivity index (χ0n) is 12.4. The molecule has 1 saturated heterocycles. The van der Waals surface area contributed by atoms with E-state index in [1.54, 1.807) is 12.3 Å². The van der Waals surface area contributed by atoms with Crippen molar-refractivity contribution in [3.05, 3.63) is 24.2 Å². The fourth-order valence-electron chi connectivity index (χ4n) is 2.36. The molecule has 116 valence electrons. The maximum Gasteiger partial charge on any atom is 0.237 e. The first kappa shape index (κ1) is 15.6. The maximum absolute atomic E-state index is 11.9. The molecule has 0 aliphatic carbocycles. The average Bonchev–Trinajstić information content (AvgIpc) is 3.12. The lowest BCUT2D eigenvalue weighted by Gasteiger charge is -2.17. The van der Waals surface area contributed by atoms with Gasteiger partial charge < -0.3 is 20.0 Å². The largest absolute Gasteiger partial charge is 0.467 e. The normalized spacial score (nSPS) is 16.2. The number of carbonyl (C=O) groups is 2. The average molecular weight is 293 g/mol. The molecule has 1 atom stereocenters. The third-order valence-electron chi connectivity index (χ3n) is 3.64. The van der Waals surface area contributed by atoms with Gasteiger partial charge in [-0.3, -0.25) is 9.59 Å². The van der Waals surface area contributed by atoms with Crippen molar-refractivity contribution < 1.29 is 14.0 Å². The Bertz CT molecular complexity index is 459. The van der Waals surface area contributed by atoms with Gasteiger partial charge in [0.05, 0.1) is 18.8 Å². The van der Waals surface area contributed by atoms with E-state index in [1.165, 1.54) is 0 Å². The second-order valence-corrected chi connectivity index (χ2v) is 5.31. The zero-order chi connectivity index (χ0) is 15.1. The summed E-state index contributed by atoms with van der Waals surface area (Å²) in [6.07, 6.45) is 4.10. The SMILES string of the molecule is C[C@H](NCCCN1CCCC1=O)C(=O)NCc1ccco1. The number of carbonyl (C=O) groups excluding carboxylic acids is 2. The van der Waals surface area contributed by atoms with Crippen LogP contribution in [0.3, 0.4) is 0 Å². The summed E-state index contributed by atoms with van der Waals surface area (Å²) in [6, 6.07) is 3.36. The summed E-state index contributed by atoms with van der Waals surface area (Å²) in [4.78, 5) is 25.2. The van der Waals surface area contributed by atoms with Gasteiger partial charge in [0.15, 0.2) is 0 Å². The summed E-state index contributed by atoms with van der Waals surface area (Å²) in [7, 11) is 0. The number of nitrogens with zero attached hydrogens (tertiary/aromatic N) is 1. The van der Waals surface area contributed by atoms with E-state index in [1.807, 2.05) is 17.9 Å². The second kappa shape index (κ2) is 7.83. The number of furan rings is 1. The van der Waals surface area contributed by atoms with Gasteiger partial charge in [0, 0.05) is 19.5 Å². The summed E-state index contributed by atoms with van der Waals surface area (Å²) >= 11 is 0. The fraction of sp³-hybridized carbons (Fsp3) is 0.600. The molecule has 2 heterocycles. The smallest absolute Gasteiger partial charge is 0.237 e. The van der Waals surface area contributed by atoms with Crippen LogP contribution in [0.2, 0.25) is 0 Å². The molecule has 6 heteroatoms. The van der Waals surface area contributed by atoms with E-state index >= 15 is 0 Å². The quantitative estimate of drug-likeness (QED) is 0.698. The van der Waals surface area contributed by atoms with E-state index in [9.17, 15) is 9.59 Å². The van der Waals surface area contributed by atoms with Crippen molar-refractivity contribution in [2.45, 2.75) is 38.8 Å². The summed E-state index contributed by atoms with van der Waals surface area (Å²) in [5, 5.41) is 5.98. The lowest BCUT2D eigenvalue weighted by molar-refractivity contribution is -0.128. The molecule has 1 aliphatic heterocycles. The van der Waals surface area contributed by atoms with Crippen LogP contribution in [0.25, 0.3) is 0 Å². The number of likely N-dealkylation sites (tertiary alicyclic amines) is 1. The topological polar surface area (TPSA) is 74.6 Å². The summed E-state index contributed by atoms with van der Waals surface area (Å²) in [5.41, 5.74) is 0. The molecule has 0 bridgehead atoms. The molecule has 0 saturated carbocycles. The van der Waals surface area contributed by atoms with E-state index in [2.05, 4.69) is 10.6 Å². The van der Waals surface area contributed by atoms with Crippen LogP contribution < -0.4 is 10.6 Å². The molecule has 0 spiro atoms. The first-order valence-electron chi connectivity index (χ1n) is 7.48. The summed E-state index contributed by atoms with van der Waals surface area (Å²) < 4.78 is 5.16. The minimum atomic E-state index is -0.255. The highest BCUT2D eigenvalue weighted by Gasteiger charge is 2.19. The van der Waals surface area contributed by atoms with Gasteiger partial charge in [-0.05, 0) is 38.4 Å². The molecular weight excluding hydrogens is 270 g/mol. The third kappa shape index (κ3) is 4.90. The van der Waals surface area contributed by atoms with Crippen molar-refractivity contribution in [2.75, 3.05) is 19.6 Å². The minimum absolute atomic E-state index is 0.0522. The van der Waals surface area contributed by atoms with Gasteiger partial charge in [0.1, 0.15) is 5.76 Å². The van der Waals surface area contributed by atoms with Crippen LogP contribution in [0.5, 0.6) is 0 Å². The Hall–Kier alpha value is -1.82. The Kier molecular flexibility index (Phi) is 5.80. The van der Waals surface area contributed by atoms with Gasteiger partial charge in [0.2, 0.25) is 11.8 Å². The van der Waals surface area contributed by atoms with Crippen LogP contribution in [0.15, 0.2) is 22.8 Å². The number of amides is 2. The lowest BCUT2D eigenvalue weighted by Crippen LogP contribution is -2.42. The minimum Gasteiger partial charge on any atom is -0.467 e. The standard InChI is InChI=1S/C15H23N3O3/c1-12(15(20)17-11-13-5-3-10-21-13)16-7-4-9-18-8-2-6-14(18)19/h3,5,10,12,16H,2,4,6-9,11H2,1H3,(H,17,20)/t12-/m0/s1. The molecule has 1 aromatic heterocycles. The molecular formula is C15H23N3O3. The van der Waals surface area contributed by atoms with Crippen LogP contribution >= 0.6 is 0 Å². The molecule has 0 aromatic carbocycles. The molecule has 2 amide bonds. The highest BCUT2D eigenvalue weighted by molar-refractivity contribution is 5.81. The van der Waals surface area contributed by atoms with Gasteiger partial charge in [0.25, 0.3) is 0 Å². The molecule has 1 aliphatic rings. The maximum atomic E-state index is 11.9. The van der Waals surface area contributed by atoms with Gasteiger partial charge in [-0.25, -0.2) is 0 Å². The van der Waals surface area contributed by atoms with E-state index in [-0.39, 0.29) is 17.9 Å². The molecule has 2 N–H and O–H groups in total. The number of hydrogen-bond acceptors (Lipinski definition) is 4. The Morgan fingerprint density at radius 1 is 1.52 bits per heavy atom. The molecule has 1 fully saturated rings. The van der Waals surface area contributed by atoms with E-state index in [0.717, 1.165) is 38.2 Å². The Balaban J connectivity index is 1.56. The van der Waals surface area contributed by atoms with Crippen molar-refractivity contribution in [3.63, 3.8) is 0 Å². The zero-order valence-corrected chi connectivity index (χ0v) is 12.4. The van der Waals surface area contributed by atoms with Crippen LogP contribution in [0, 0.1) is 0 Å². The Morgan fingerprint density at radius 2 is 2.38 bits per heavy atom. The van der Waals surface area contributed by atoms with Gasteiger partial charge in [-0.1, -0.05) is 0 Å². The monoisotopic (exact) mass is 293 g/mol. The van der Waals surface area contributed by atoms with Gasteiger partial charge >= 0.3 is 0 Å². The Labute approximate surface area is 124 Å². The predicted molar refractivity (Wildman–Crippen MR) is 78.5 cm³/mol. The van der Waals surface area contributed by atoms with Crippen molar-refractivity contribution in [3.8, 4) is 0 Å². The molecule has 0 radical (unpaired) electrons. The van der Waals surface area contributed by atoms with Gasteiger partial charge in [-0.15, -0.1) is 0 Å². The molecule has 1 aromatic rings. The van der Waals surface area contributed by atoms with Crippen LogP contribution in [-0.2, 0) is 16.1 Å². The molecule has 0 unspecified atom stereocenters. The third-order valence-corrected chi connectivity index (χ3v) is 3.64. The van der Waals surface area contributed by atoms with Crippen molar-refractivity contribution >= 4 is 11.8 Å². The lowest BCUT2D eigenvalue weighted by atomic mass is 10.3. The predicted octanol–water partition coefficient (Wildman–Crippen LogP) is 0.886. The van der Waals surface area contributed by atoms with Gasteiger partial charge in [-0.2, -0.15) is 0 Å². The van der Waals surface area contributed by atoms with E-state index in [0.29, 0.717) is 13.0 Å². The van der Waals surface area contributed by atoms with Crippen molar-refractivity contribution in [2.24, 2.45) is 0 Å². The molecule has 2 rings (SSSR count). The molecule has 6 nitrogen and oxygen atoms in total.